The molecular formula is C10H8ClN4+. The van der Waals surface area contributed by atoms with Gasteiger partial charge in [-0.2, -0.15) is 0 Å². The van der Waals surface area contributed by atoms with Crippen molar-refractivity contribution in [1.82, 2.24) is 10.0 Å². The van der Waals surface area contributed by atoms with E-state index in [1.54, 1.807) is 36.5 Å². The predicted octanol–water partition coefficient (Wildman–Crippen LogP) is 2.14. The van der Waals surface area contributed by atoms with Gasteiger partial charge in [-0.05, 0) is 16.7 Å². The number of hydrogen-bond donors (Lipinski definition) is 2. The van der Waals surface area contributed by atoms with Gasteiger partial charge in [-0.25, -0.2) is 10.8 Å². The van der Waals surface area contributed by atoms with Crippen LogP contribution in [0.2, 0.25) is 5.02 Å². The standard InChI is InChI=1S/C10H8ClN4/c11-8-1-3-9(4-2-8)15(7-12)10(13)5-6-14-15/h1-6,13-14H/q+1. The fourth-order valence-corrected chi connectivity index (χ4v) is 1.55. The van der Waals surface area contributed by atoms with Gasteiger partial charge < -0.3 is 0 Å². The number of rotatable bonds is 1. The van der Waals surface area contributed by atoms with Gasteiger partial charge in [-0.1, -0.05) is 11.6 Å². The first-order valence-electron chi connectivity index (χ1n) is 4.29. The molecule has 2 N–H and O–H groups in total. The smallest absolute Gasteiger partial charge is 0.247 e. The fourth-order valence-electron chi connectivity index (χ4n) is 1.43. The van der Waals surface area contributed by atoms with E-state index in [0.29, 0.717) is 10.7 Å². The number of benzene rings is 1. The van der Waals surface area contributed by atoms with Crippen molar-refractivity contribution in [2.24, 2.45) is 0 Å². The lowest BCUT2D eigenvalue weighted by molar-refractivity contribution is 0.498. The molecule has 0 aliphatic carbocycles. The van der Waals surface area contributed by atoms with E-state index in [9.17, 15) is 0 Å². The Morgan fingerprint density at radius 2 is 2.00 bits per heavy atom. The Labute approximate surface area is 92.1 Å². The lowest BCUT2D eigenvalue weighted by Gasteiger charge is -2.21. The van der Waals surface area contributed by atoms with Crippen molar-refractivity contribution < 1.29 is 0 Å². The maximum absolute atomic E-state index is 9.16. The average molecular weight is 220 g/mol. The minimum Gasteiger partial charge on any atom is -0.247 e. The van der Waals surface area contributed by atoms with Crippen molar-refractivity contribution in [3.63, 3.8) is 0 Å². The van der Waals surface area contributed by atoms with Gasteiger partial charge in [0.15, 0.2) is 5.69 Å². The highest BCUT2D eigenvalue weighted by molar-refractivity contribution is 6.30. The highest BCUT2D eigenvalue weighted by Gasteiger charge is 2.39. The molecule has 0 fully saturated rings. The second kappa shape index (κ2) is 3.39. The Morgan fingerprint density at radius 3 is 2.47 bits per heavy atom. The number of halogens is 1. The Bertz CT molecular complexity index is 471. The molecule has 1 aliphatic rings. The zero-order valence-corrected chi connectivity index (χ0v) is 8.49. The summed E-state index contributed by atoms with van der Waals surface area (Å²) in [5.74, 6) is 0.180. The topological polar surface area (TPSA) is 59.7 Å². The minimum absolute atomic E-state index is 0.180. The molecule has 4 nitrogen and oxygen atoms in total. The Hall–Kier alpha value is -1.83. The highest BCUT2D eigenvalue weighted by Crippen LogP contribution is 2.25. The van der Waals surface area contributed by atoms with Crippen LogP contribution in [0.25, 0.3) is 0 Å². The van der Waals surface area contributed by atoms with Gasteiger partial charge in [0.2, 0.25) is 0 Å². The van der Waals surface area contributed by atoms with Crippen LogP contribution >= 0.6 is 11.6 Å². The summed E-state index contributed by atoms with van der Waals surface area (Å²) in [6, 6.07) is 6.84. The zero-order chi connectivity index (χ0) is 10.9. The molecule has 1 atom stereocenters. The first-order chi connectivity index (χ1) is 7.19. The SMILES string of the molecule is N#C[N+]1(c2ccc(Cl)cc2)NC=CC1=N. The van der Waals surface area contributed by atoms with Crippen LogP contribution in [0.15, 0.2) is 36.5 Å². The van der Waals surface area contributed by atoms with Gasteiger partial charge >= 0.3 is 6.19 Å². The molecule has 0 spiro atoms. The minimum atomic E-state index is -0.336. The van der Waals surface area contributed by atoms with Gasteiger partial charge in [-0.3, -0.25) is 0 Å². The van der Waals surface area contributed by atoms with E-state index in [2.05, 4.69) is 11.6 Å². The molecule has 1 heterocycles. The lowest BCUT2D eigenvalue weighted by Crippen LogP contribution is -2.53. The predicted molar refractivity (Wildman–Crippen MR) is 58.9 cm³/mol. The molecule has 0 aromatic heterocycles. The molecule has 0 saturated carbocycles. The van der Waals surface area contributed by atoms with Crippen LogP contribution in [-0.2, 0) is 0 Å². The largest absolute Gasteiger partial charge is 0.348 e. The lowest BCUT2D eigenvalue weighted by atomic mass is 10.3. The summed E-state index contributed by atoms with van der Waals surface area (Å²) in [7, 11) is 0. The monoisotopic (exact) mass is 219 g/mol. The van der Waals surface area contributed by atoms with Crippen LogP contribution in [0, 0.1) is 16.9 Å². The van der Waals surface area contributed by atoms with Crippen molar-refractivity contribution in [3.8, 4) is 6.19 Å². The summed E-state index contributed by atoms with van der Waals surface area (Å²) in [4.78, 5) is 0. The van der Waals surface area contributed by atoms with Crippen LogP contribution in [0.3, 0.4) is 0 Å². The number of hydrogen-bond acceptors (Lipinski definition) is 3. The quantitative estimate of drug-likeness (QED) is 0.562. The van der Waals surface area contributed by atoms with E-state index in [1.165, 1.54) is 0 Å². The third-order valence-electron chi connectivity index (χ3n) is 2.23. The maximum Gasteiger partial charge on any atom is 0.348 e. The molecule has 1 aromatic rings. The number of quaternary nitrogens is 1. The summed E-state index contributed by atoms with van der Waals surface area (Å²) in [5, 5.41) is 17.5. The first kappa shape index (κ1) is 9.71. The molecule has 2 rings (SSSR count). The number of nitrogens with zero attached hydrogens (tertiary/aromatic N) is 2. The second-order valence-electron chi connectivity index (χ2n) is 3.09. The molecule has 1 aromatic carbocycles. The third kappa shape index (κ3) is 1.38. The van der Waals surface area contributed by atoms with Crippen molar-refractivity contribution in [3.05, 3.63) is 41.6 Å². The molecule has 0 saturated heterocycles. The van der Waals surface area contributed by atoms with Gasteiger partial charge in [0.1, 0.15) is 0 Å². The number of amidine groups is 1. The molecule has 0 radical (unpaired) electrons. The van der Waals surface area contributed by atoms with Crippen LogP contribution in [0.5, 0.6) is 0 Å². The molecule has 1 aliphatic heterocycles. The van der Waals surface area contributed by atoms with Gasteiger partial charge in [0.05, 0.1) is 6.20 Å². The Morgan fingerprint density at radius 1 is 1.33 bits per heavy atom. The van der Waals surface area contributed by atoms with E-state index in [1.807, 2.05) is 0 Å². The van der Waals surface area contributed by atoms with Crippen LogP contribution < -0.4 is 10.0 Å². The summed E-state index contributed by atoms with van der Waals surface area (Å²) < 4.78 is -0.336. The van der Waals surface area contributed by atoms with Crippen molar-refractivity contribution in [2.45, 2.75) is 0 Å². The summed E-state index contributed by atoms with van der Waals surface area (Å²) in [6.07, 6.45) is 5.20. The van der Waals surface area contributed by atoms with Gasteiger partial charge in [-0.15, -0.1) is 5.26 Å². The molecule has 1 unspecified atom stereocenters. The van der Waals surface area contributed by atoms with E-state index in [0.717, 1.165) is 0 Å². The second-order valence-corrected chi connectivity index (χ2v) is 3.53. The molecule has 0 bridgehead atoms. The van der Waals surface area contributed by atoms with Gasteiger partial charge in [0, 0.05) is 23.2 Å². The van der Waals surface area contributed by atoms with Crippen LogP contribution in [0.1, 0.15) is 0 Å². The van der Waals surface area contributed by atoms with Gasteiger partial charge in [0.25, 0.3) is 5.84 Å². The van der Waals surface area contributed by atoms with Crippen LogP contribution in [0.4, 0.5) is 5.69 Å². The number of nitriles is 1. The average Bonchev–Trinajstić information content (AvgIpc) is 2.62. The van der Waals surface area contributed by atoms with Crippen LogP contribution in [-0.4, -0.2) is 5.84 Å². The zero-order valence-electron chi connectivity index (χ0n) is 7.74. The van der Waals surface area contributed by atoms with E-state index in [-0.39, 0.29) is 10.4 Å². The summed E-state index contributed by atoms with van der Waals surface area (Å²) >= 11 is 5.76. The first-order valence-corrected chi connectivity index (χ1v) is 4.67. The third-order valence-corrected chi connectivity index (χ3v) is 2.49. The van der Waals surface area contributed by atoms with Crippen molar-refractivity contribution in [2.75, 3.05) is 0 Å². The van der Waals surface area contributed by atoms with Crippen molar-refractivity contribution in [1.29, 1.82) is 10.7 Å². The molecular weight excluding hydrogens is 212 g/mol. The Balaban J connectivity index is 2.49. The maximum atomic E-state index is 9.16. The number of nitrogens with one attached hydrogen (secondary N) is 2. The molecule has 0 amide bonds. The molecule has 15 heavy (non-hydrogen) atoms. The molecule has 5 heteroatoms. The summed E-state index contributed by atoms with van der Waals surface area (Å²) in [6.45, 7) is 0. The van der Waals surface area contributed by atoms with E-state index in [4.69, 9.17) is 22.3 Å². The Kier molecular flexibility index (Phi) is 2.19. The van der Waals surface area contributed by atoms with E-state index >= 15 is 0 Å². The fraction of sp³-hybridized carbons (Fsp3) is 0. The summed E-state index contributed by atoms with van der Waals surface area (Å²) in [5.41, 5.74) is 3.50. The van der Waals surface area contributed by atoms with E-state index < -0.39 is 0 Å². The highest BCUT2D eigenvalue weighted by atomic mass is 35.5. The normalized spacial score (nSPS) is 23.6. The molecule has 74 valence electrons. The van der Waals surface area contributed by atoms with Crippen molar-refractivity contribution >= 4 is 23.1 Å².